The van der Waals surface area contributed by atoms with Gasteiger partial charge in [0, 0.05) is 25.7 Å². The van der Waals surface area contributed by atoms with Crippen LogP contribution in [-0.2, 0) is 65.4 Å². The molecule has 102 heavy (non-hydrogen) atoms. The largest absolute Gasteiger partial charge is 0.472 e. The van der Waals surface area contributed by atoms with Gasteiger partial charge in [-0.3, -0.25) is 37.3 Å². The normalized spacial score (nSPS) is 14.6. The van der Waals surface area contributed by atoms with Gasteiger partial charge in [0.1, 0.15) is 19.3 Å². The van der Waals surface area contributed by atoms with E-state index in [2.05, 4.69) is 149 Å². The molecule has 0 saturated heterocycles. The number of hydrogen-bond donors (Lipinski definition) is 3. The first-order valence-corrected chi connectivity index (χ1v) is 42.4. The fraction of sp³-hybridized carbons (Fsp3) is 0.687. The van der Waals surface area contributed by atoms with Crippen molar-refractivity contribution >= 4 is 39.5 Å². The lowest BCUT2D eigenvalue weighted by atomic mass is 10.0. The molecule has 17 nitrogen and oxygen atoms in total. The second-order valence-corrected chi connectivity index (χ2v) is 28.8. The van der Waals surface area contributed by atoms with E-state index in [0.717, 1.165) is 141 Å². The summed E-state index contributed by atoms with van der Waals surface area (Å²) in [5.41, 5.74) is 0. The predicted octanol–water partition coefficient (Wildman–Crippen LogP) is 22.9. The SMILES string of the molecule is CC/C=C\C/C=C\C/C=C\C/C=C\C/C=C\CCCC(=O)OCC(COP(=O)(O)OCC(O)COP(=O)(O)OCC(COC(=O)CCCC/C=C\C/C=C\C/C=C\C/C=C\CC)OC(=O)CCCCCCCCCCCCCCCCC)OC(=O)CCCCCCC/C=C\C/C=C\CCCCC. The van der Waals surface area contributed by atoms with Crippen LogP contribution in [0.1, 0.15) is 310 Å². The number of aliphatic hydroxyl groups is 1. The van der Waals surface area contributed by atoms with E-state index >= 15 is 0 Å². The van der Waals surface area contributed by atoms with Crippen LogP contribution in [0.4, 0.5) is 0 Å². The molecular weight excluding hydrogens is 1330 g/mol. The highest BCUT2D eigenvalue weighted by molar-refractivity contribution is 7.47. The minimum absolute atomic E-state index is 0.0630. The molecule has 19 heteroatoms. The number of allylic oxidation sites excluding steroid dienone is 22. The van der Waals surface area contributed by atoms with E-state index in [9.17, 15) is 43.2 Å². The number of carbonyl (C=O) groups excluding carboxylic acids is 4. The topological polar surface area (TPSA) is 237 Å². The molecule has 5 unspecified atom stereocenters. The Hall–Kier alpha value is -4.80. The summed E-state index contributed by atoms with van der Waals surface area (Å²) in [4.78, 5) is 72.9. The summed E-state index contributed by atoms with van der Waals surface area (Å²) >= 11 is 0. The Morgan fingerprint density at radius 1 is 0.284 bits per heavy atom. The highest BCUT2D eigenvalue weighted by atomic mass is 31.2. The average molecular weight is 1470 g/mol. The van der Waals surface area contributed by atoms with Crippen molar-refractivity contribution < 1.29 is 80.2 Å². The van der Waals surface area contributed by atoms with Gasteiger partial charge in [-0.15, -0.1) is 0 Å². The van der Waals surface area contributed by atoms with Crippen LogP contribution in [0.3, 0.4) is 0 Å². The van der Waals surface area contributed by atoms with Crippen LogP contribution in [0.25, 0.3) is 0 Å². The van der Waals surface area contributed by atoms with Crippen molar-refractivity contribution in [3.8, 4) is 0 Å². The minimum Gasteiger partial charge on any atom is -0.462 e. The Morgan fingerprint density at radius 2 is 0.520 bits per heavy atom. The average Bonchev–Trinajstić information content (AvgIpc) is 0.923. The third kappa shape index (κ3) is 73.5. The summed E-state index contributed by atoms with van der Waals surface area (Å²) < 4.78 is 68.5. The molecule has 5 atom stereocenters. The molecule has 0 aromatic carbocycles. The molecule has 0 aromatic heterocycles. The van der Waals surface area contributed by atoms with Gasteiger partial charge in [-0.2, -0.15) is 0 Å². The van der Waals surface area contributed by atoms with E-state index < -0.39 is 97.5 Å². The van der Waals surface area contributed by atoms with Crippen molar-refractivity contribution in [1.82, 2.24) is 0 Å². The molecule has 0 aliphatic carbocycles. The molecule has 0 aliphatic rings. The van der Waals surface area contributed by atoms with Crippen molar-refractivity contribution in [2.75, 3.05) is 39.6 Å². The number of aliphatic hydroxyl groups excluding tert-OH is 1. The molecule has 0 aliphatic heterocycles. The van der Waals surface area contributed by atoms with E-state index in [1.807, 2.05) is 12.2 Å². The van der Waals surface area contributed by atoms with Crippen LogP contribution >= 0.6 is 15.6 Å². The lowest BCUT2D eigenvalue weighted by Gasteiger charge is -2.21. The Bertz CT molecular complexity index is 2460. The minimum atomic E-state index is -5.00. The van der Waals surface area contributed by atoms with Gasteiger partial charge in [-0.25, -0.2) is 9.13 Å². The smallest absolute Gasteiger partial charge is 0.462 e. The first-order chi connectivity index (χ1) is 49.7. The van der Waals surface area contributed by atoms with E-state index in [1.165, 1.54) is 83.5 Å². The molecular formula is C83H140O17P2. The maximum Gasteiger partial charge on any atom is 0.472 e. The predicted molar refractivity (Wildman–Crippen MR) is 418 cm³/mol. The van der Waals surface area contributed by atoms with Crippen LogP contribution in [0, 0.1) is 0 Å². The van der Waals surface area contributed by atoms with E-state index in [4.69, 9.17) is 37.0 Å². The van der Waals surface area contributed by atoms with Crippen LogP contribution in [0.15, 0.2) is 134 Å². The van der Waals surface area contributed by atoms with Crippen LogP contribution < -0.4 is 0 Å². The van der Waals surface area contributed by atoms with E-state index in [1.54, 1.807) is 0 Å². The van der Waals surface area contributed by atoms with E-state index in [-0.39, 0.29) is 25.7 Å². The highest BCUT2D eigenvalue weighted by Crippen LogP contribution is 2.45. The summed E-state index contributed by atoms with van der Waals surface area (Å²) in [7, 11) is -9.99. The summed E-state index contributed by atoms with van der Waals surface area (Å²) in [6.45, 7) is 4.51. The van der Waals surface area contributed by atoms with Gasteiger partial charge in [-0.1, -0.05) is 283 Å². The van der Waals surface area contributed by atoms with Gasteiger partial charge >= 0.3 is 39.5 Å². The molecule has 0 spiro atoms. The first-order valence-electron chi connectivity index (χ1n) is 39.4. The lowest BCUT2D eigenvalue weighted by Crippen LogP contribution is -2.30. The Balaban J connectivity index is 5.45. The molecule has 0 amide bonds. The zero-order valence-electron chi connectivity index (χ0n) is 63.7. The molecule has 0 bridgehead atoms. The van der Waals surface area contributed by atoms with Gasteiger partial charge in [0.2, 0.25) is 0 Å². The number of hydrogen-bond acceptors (Lipinski definition) is 15. The van der Waals surface area contributed by atoms with Gasteiger partial charge in [-0.05, 0) is 135 Å². The molecule has 3 N–H and O–H groups in total. The van der Waals surface area contributed by atoms with Crippen molar-refractivity contribution in [3.63, 3.8) is 0 Å². The van der Waals surface area contributed by atoms with E-state index in [0.29, 0.717) is 32.1 Å². The van der Waals surface area contributed by atoms with Crippen molar-refractivity contribution in [2.24, 2.45) is 0 Å². The molecule has 0 aromatic rings. The zero-order valence-corrected chi connectivity index (χ0v) is 65.5. The van der Waals surface area contributed by atoms with Crippen LogP contribution in [0.5, 0.6) is 0 Å². The lowest BCUT2D eigenvalue weighted by molar-refractivity contribution is -0.161. The number of ether oxygens (including phenoxy) is 4. The second-order valence-electron chi connectivity index (χ2n) is 25.9. The number of unbranched alkanes of at least 4 members (excludes halogenated alkanes) is 25. The number of rotatable bonds is 73. The standard InChI is InChI=1S/C83H140O17P2/c1-5-9-13-17-21-25-29-33-37-38-42-44-48-52-56-60-64-68-81(86)94-74-79(100-83(88)70-66-62-58-54-50-46-41-36-32-28-24-20-16-12-8-4)76-98-102(91,92)96-72-77(84)71-95-101(89,90)97-75-78(99-82(87)69-65-61-57-53-49-45-40-35-31-27-23-19-15-11-7-3)73-93-80(85)67-63-59-55-51-47-43-39-34-30-26-22-18-14-10-6-2/h9-10,13-14,21-22,24-26,28,33-34,36-37,39,41-42,44,47,51-52,56,77-79,84H,5-8,11-12,15-20,23,27,29-32,35,38,40,43,45-46,48-50,53-55,57-76H2,1-4H3,(H,89,90)(H,91,92)/b13-9-,14-10-,25-21-,26-22-,28-24-,37-33-,39-34-,41-36-,44-42-,51-47-,56-52-. The number of carbonyl (C=O) groups is 4. The second kappa shape index (κ2) is 74.5. The molecule has 0 fully saturated rings. The maximum absolute atomic E-state index is 13.1. The quantitative estimate of drug-likeness (QED) is 0.0169. The monoisotopic (exact) mass is 1470 g/mol. The summed E-state index contributed by atoms with van der Waals surface area (Å²) in [6, 6.07) is 0. The van der Waals surface area contributed by atoms with Gasteiger partial charge in [0.05, 0.1) is 26.4 Å². The zero-order chi connectivity index (χ0) is 74.6. The third-order valence-corrected chi connectivity index (χ3v) is 18.0. The Morgan fingerprint density at radius 3 is 0.863 bits per heavy atom. The maximum atomic E-state index is 13.1. The Kier molecular flexibility index (Phi) is 71.0. The molecule has 0 heterocycles. The molecule has 0 radical (unpaired) electrons. The van der Waals surface area contributed by atoms with Crippen molar-refractivity contribution in [3.05, 3.63) is 134 Å². The number of esters is 4. The fourth-order valence-electron chi connectivity index (χ4n) is 10.2. The fourth-order valence-corrected chi connectivity index (χ4v) is 11.7. The summed E-state index contributed by atoms with van der Waals surface area (Å²) in [6.07, 6.45) is 83.0. The molecule has 584 valence electrons. The van der Waals surface area contributed by atoms with Gasteiger partial charge < -0.3 is 33.8 Å². The van der Waals surface area contributed by atoms with Crippen LogP contribution in [-0.4, -0.2) is 96.7 Å². The van der Waals surface area contributed by atoms with Crippen molar-refractivity contribution in [1.29, 1.82) is 0 Å². The Labute approximate surface area is 618 Å². The number of phosphoric acid groups is 2. The first kappa shape index (κ1) is 97.2. The number of phosphoric ester groups is 2. The van der Waals surface area contributed by atoms with Gasteiger partial charge in [0.25, 0.3) is 0 Å². The summed E-state index contributed by atoms with van der Waals surface area (Å²) in [5.74, 6) is -2.30. The highest BCUT2D eigenvalue weighted by Gasteiger charge is 2.30. The molecule has 0 saturated carbocycles. The van der Waals surface area contributed by atoms with Gasteiger partial charge in [0.15, 0.2) is 12.2 Å². The van der Waals surface area contributed by atoms with Crippen molar-refractivity contribution in [2.45, 2.75) is 329 Å². The summed E-state index contributed by atoms with van der Waals surface area (Å²) in [5, 5.41) is 10.6. The van der Waals surface area contributed by atoms with Crippen LogP contribution in [0.2, 0.25) is 0 Å². The third-order valence-electron chi connectivity index (χ3n) is 16.1. The molecule has 0 rings (SSSR count).